The van der Waals surface area contributed by atoms with Crippen LogP contribution < -0.4 is 14.4 Å². The highest BCUT2D eigenvalue weighted by Crippen LogP contribution is 2.45. The number of aliphatic hydroxyl groups excluding tert-OH is 1. The van der Waals surface area contributed by atoms with E-state index in [1.165, 1.54) is 25.2 Å². The van der Waals surface area contributed by atoms with Gasteiger partial charge in [-0.05, 0) is 54.4 Å². The van der Waals surface area contributed by atoms with E-state index in [9.17, 15) is 14.7 Å². The number of ketones is 1. The monoisotopic (exact) mass is 497 g/mol. The van der Waals surface area contributed by atoms with Crippen LogP contribution >= 0.6 is 23.2 Å². The van der Waals surface area contributed by atoms with Crippen molar-refractivity contribution in [2.24, 2.45) is 0 Å². The second-order valence-corrected chi connectivity index (χ2v) is 8.53. The first-order valence-corrected chi connectivity index (χ1v) is 11.1. The number of hydrogen-bond acceptors (Lipinski definition) is 5. The van der Waals surface area contributed by atoms with E-state index in [0.29, 0.717) is 27.8 Å². The van der Waals surface area contributed by atoms with Crippen molar-refractivity contribution < 1.29 is 24.2 Å². The van der Waals surface area contributed by atoms with E-state index < -0.39 is 17.7 Å². The smallest absolute Gasteiger partial charge is 0.300 e. The van der Waals surface area contributed by atoms with Crippen LogP contribution in [-0.2, 0) is 9.59 Å². The normalized spacial score (nSPS) is 17.2. The summed E-state index contributed by atoms with van der Waals surface area (Å²) in [6.07, 6.45) is 0. The lowest BCUT2D eigenvalue weighted by Crippen LogP contribution is -2.29. The second-order valence-electron chi connectivity index (χ2n) is 7.69. The van der Waals surface area contributed by atoms with Crippen molar-refractivity contribution in [2.75, 3.05) is 19.1 Å². The lowest BCUT2D eigenvalue weighted by Gasteiger charge is -2.27. The minimum atomic E-state index is -0.908. The van der Waals surface area contributed by atoms with Crippen LogP contribution in [0.1, 0.15) is 22.7 Å². The quantitative estimate of drug-likeness (QED) is 0.268. The summed E-state index contributed by atoms with van der Waals surface area (Å²) in [5, 5.41) is 12.0. The van der Waals surface area contributed by atoms with Crippen molar-refractivity contribution in [1.82, 2.24) is 0 Å². The van der Waals surface area contributed by atoms with Gasteiger partial charge < -0.3 is 14.6 Å². The van der Waals surface area contributed by atoms with Gasteiger partial charge in [0, 0.05) is 10.7 Å². The highest BCUT2D eigenvalue weighted by atomic mass is 35.5. The number of methoxy groups -OCH3 is 2. The maximum atomic E-state index is 13.4. The van der Waals surface area contributed by atoms with Gasteiger partial charge in [-0.2, -0.15) is 0 Å². The Morgan fingerprint density at radius 1 is 0.941 bits per heavy atom. The zero-order chi connectivity index (χ0) is 24.6. The number of carbonyl (C=O) groups excluding carboxylic acids is 2. The summed E-state index contributed by atoms with van der Waals surface area (Å²) < 4.78 is 10.6. The van der Waals surface area contributed by atoms with Crippen LogP contribution in [0.15, 0.2) is 66.2 Å². The summed E-state index contributed by atoms with van der Waals surface area (Å²) in [7, 11) is 2.93. The Labute approximate surface area is 206 Å². The molecule has 3 aromatic carbocycles. The first-order valence-electron chi connectivity index (χ1n) is 10.3. The highest BCUT2D eigenvalue weighted by molar-refractivity contribution is 6.52. The summed E-state index contributed by atoms with van der Waals surface area (Å²) in [6, 6.07) is 15.9. The van der Waals surface area contributed by atoms with Crippen LogP contribution in [0.3, 0.4) is 0 Å². The number of anilines is 1. The number of ether oxygens (including phenoxy) is 2. The van der Waals surface area contributed by atoms with Crippen LogP contribution in [0.25, 0.3) is 5.76 Å². The number of benzene rings is 3. The van der Waals surface area contributed by atoms with Crippen molar-refractivity contribution in [2.45, 2.75) is 13.0 Å². The van der Waals surface area contributed by atoms with Crippen LogP contribution in [0, 0.1) is 6.92 Å². The molecule has 3 aromatic rings. The number of carbonyl (C=O) groups is 2. The predicted octanol–water partition coefficient (Wildman–Crippen LogP) is 5.95. The van der Waals surface area contributed by atoms with E-state index in [2.05, 4.69) is 0 Å². The Hall–Kier alpha value is -3.48. The van der Waals surface area contributed by atoms with E-state index in [1.807, 2.05) is 31.2 Å². The van der Waals surface area contributed by atoms with Gasteiger partial charge in [-0.1, -0.05) is 47.5 Å². The number of hydrogen-bond donors (Lipinski definition) is 1. The largest absolute Gasteiger partial charge is 0.507 e. The molecule has 0 spiro atoms. The van der Waals surface area contributed by atoms with Gasteiger partial charge in [0.05, 0.1) is 36.4 Å². The minimum Gasteiger partial charge on any atom is -0.507 e. The van der Waals surface area contributed by atoms with E-state index in [0.717, 1.165) is 5.56 Å². The molecule has 1 aliphatic rings. The number of aryl methyl sites for hydroxylation is 1. The number of amides is 1. The first-order chi connectivity index (χ1) is 16.3. The predicted molar refractivity (Wildman–Crippen MR) is 132 cm³/mol. The van der Waals surface area contributed by atoms with Gasteiger partial charge in [0.25, 0.3) is 11.7 Å². The topological polar surface area (TPSA) is 76.1 Å². The molecule has 1 aliphatic heterocycles. The van der Waals surface area contributed by atoms with E-state index in [4.69, 9.17) is 32.7 Å². The molecule has 1 fully saturated rings. The molecular weight excluding hydrogens is 477 g/mol. The molecule has 1 unspecified atom stereocenters. The fourth-order valence-electron chi connectivity index (χ4n) is 4.10. The van der Waals surface area contributed by atoms with Crippen molar-refractivity contribution in [3.63, 3.8) is 0 Å². The SMILES string of the molecule is COc1ccc(N2C(=O)C(=O)/C(=C(/O)c3cc(Cl)ccc3OC)C2c2ccccc2C)cc1Cl. The summed E-state index contributed by atoms with van der Waals surface area (Å²) in [6.45, 7) is 1.87. The minimum absolute atomic E-state index is 0.0770. The number of nitrogens with zero attached hydrogens (tertiary/aromatic N) is 1. The third-order valence-electron chi connectivity index (χ3n) is 5.76. The zero-order valence-electron chi connectivity index (χ0n) is 18.6. The van der Waals surface area contributed by atoms with Gasteiger partial charge in [0.15, 0.2) is 0 Å². The second kappa shape index (κ2) is 9.41. The summed E-state index contributed by atoms with van der Waals surface area (Å²) in [5.41, 5.74) is 2.03. The van der Waals surface area contributed by atoms with Gasteiger partial charge in [-0.15, -0.1) is 0 Å². The Kier molecular flexibility index (Phi) is 6.55. The van der Waals surface area contributed by atoms with Crippen LogP contribution in [0.5, 0.6) is 11.5 Å². The fourth-order valence-corrected chi connectivity index (χ4v) is 4.53. The molecule has 1 saturated heterocycles. The van der Waals surface area contributed by atoms with E-state index >= 15 is 0 Å². The molecule has 0 saturated carbocycles. The molecule has 0 radical (unpaired) electrons. The number of rotatable bonds is 5. The molecule has 1 heterocycles. The molecule has 1 atom stereocenters. The Morgan fingerprint density at radius 3 is 2.26 bits per heavy atom. The molecule has 0 aromatic heterocycles. The van der Waals surface area contributed by atoms with Crippen LogP contribution in [-0.4, -0.2) is 31.0 Å². The van der Waals surface area contributed by atoms with E-state index in [-0.39, 0.29) is 21.9 Å². The molecular formula is C26H21Cl2NO5. The molecule has 34 heavy (non-hydrogen) atoms. The molecule has 0 bridgehead atoms. The van der Waals surface area contributed by atoms with Crippen molar-refractivity contribution >= 4 is 46.3 Å². The Bertz CT molecular complexity index is 1330. The van der Waals surface area contributed by atoms with Gasteiger partial charge >= 0.3 is 0 Å². The summed E-state index contributed by atoms with van der Waals surface area (Å²) >= 11 is 12.5. The summed E-state index contributed by atoms with van der Waals surface area (Å²) in [4.78, 5) is 28.0. The molecule has 8 heteroatoms. The van der Waals surface area contributed by atoms with Crippen molar-refractivity contribution in [3.8, 4) is 11.5 Å². The fraction of sp³-hybridized carbons (Fsp3) is 0.154. The van der Waals surface area contributed by atoms with Gasteiger partial charge in [0.2, 0.25) is 0 Å². The third kappa shape index (κ3) is 4.00. The molecule has 1 N–H and O–H groups in total. The standard InChI is InChI=1S/C26H21Cl2NO5/c1-14-6-4-5-7-17(14)23-22(24(30)18-12-15(27)8-10-20(18)33-2)25(31)26(32)29(23)16-9-11-21(34-3)19(28)13-16/h4-13,23,30H,1-3H3/b24-22+. The molecule has 4 rings (SSSR count). The number of Topliss-reactive ketones (excluding diaryl/α,β-unsaturated/α-hetero) is 1. The van der Waals surface area contributed by atoms with Crippen molar-refractivity contribution in [1.29, 1.82) is 0 Å². The number of halogens is 2. The molecule has 174 valence electrons. The molecule has 1 amide bonds. The average Bonchev–Trinajstić information content (AvgIpc) is 3.09. The molecule has 0 aliphatic carbocycles. The van der Waals surface area contributed by atoms with Gasteiger partial charge in [-0.3, -0.25) is 14.5 Å². The zero-order valence-corrected chi connectivity index (χ0v) is 20.1. The number of aliphatic hydroxyl groups is 1. The average molecular weight is 498 g/mol. The third-order valence-corrected chi connectivity index (χ3v) is 6.29. The molecule has 6 nitrogen and oxygen atoms in total. The first kappa shape index (κ1) is 23.7. The van der Waals surface area contributed by atoms with Gasteiger partial charge in [-0.25, -0.2) is 0 Å². The van der Waals surface area contributed by atoms with Gasteiger partial charge in [0.1, 0.15) is 17.3 Å². The van der Waals surface area contributed by atoms with Crippen LogP contribution in [0.2, 0.25) is 10.0 Å². The highest BCUT2D eigenvalue weighted by Gasteiger charge is 2.47. The lowest BCUT2D eigenvalue weighted by atomic mass is 9.92. The maximum absolute atomic E-state index is 13.4. The maximum Gasteiger partial charge on any atom is 0.300 e. The van der Waals surface area contributed by atoms with Crippen molar-refractivity contribution in [3.05, 3.63) is 93.0 Å². The van der Waals surface area contributed by atoms with E-state index in [1.54, 1.807) is 30.3 Å². The summed E-state index contributed by atoms with van der Waals surface area (Å²) in [5.74, 6) is -1.27. The Morgan fingerprint density at radius 2 is 1.62 bits per heavy atom. The van der Waals surface area contributed by atoms with Crippen LogP contribution in [0.4, 0.5) is 5.69 Å². The lowest BCUT2D eigenvalue weighted by molar-refractivity contribution is -0.132. The Balaban J connectivity index is 2.00.